The maximum atomic E-state index is 13.0. The van der Waals surface area contributed by atoms with Gasteiger partial charge in [0.1, 0.15) is 12.1 Å². The van der Waals surface area contributed by atoms with E-state index in [9.17, 15) is 18.0 Å². The molecule has 0 bridgehead atoms. The van der Waals surface area contributed by atoms with Crippen molar-refractivity contribution in [3.63, 3.8) is 0 Å². The van der Waals surface area contributed by atoms with Crippen LogP contribution in [0.25, 0.3) is 10.9 Å². The van der Waals surface area contributed by atoms with Crippen molar-refractivity contribution in [2.75, 3.05) is 25.0 Å². The van der Waals surface area contributed by atoms with Crippen LogP contribution in [-0.4, -0.2) is 56.4 Å². The predicted octanol–water partition coefficient (Wildman–Crippen LogP) is 3.61. The molecule has 2 fully saturated rings. The van der Waals surface area contributed by atoms with Gasteiger partial charge in [0.2, 0.25) is 5.91 Å². The van der Waals surface area contributed by atoms with Crippen LogP contribution in [0.3, 0.4) is 0 Å². The van der Waals surface area contributed by atoms with E-state index in [2.05, 4.69) is 48.1 Å². The summed E-state index contributed by atoms with van der Waals surface area (Å²) in [4.78, 5) is 22.7. The molecular weight excluding hydrogens is 510 g/mol. The lowest BCUT2D eigenvalue weighted by Crippen LogP contribution is -2.63. The van der Waals surface area contributed by atoms with Crippen LogP contribution in [-0.2, 0) is 11.0 Å². The van der Waals surface area contributed by atoms with Gasteiger partial charge in [0.25, 0.3) is 0 Å². The van der Waals surface area contributed by atoms with E-state index < -0.39 is 11.7 Å². The van der Waals surface area contributed by atoms with Crippen molar-refractivity contribution in [1.29, 1.82) is 0 Å². The van der Waals surface area contributed by atoms with E-state index in [0.717, 1.165) is 29.1 Å². The Bertz CT molecular complexity index is 911. The van der Waals surface area contributed by atoms with Gasteiger partial charge in [0.05, 0.1) is 23.7 Å². The average Bonchev–Trinajstić information content (AvgIpc) is 2.68. The Morgan fingerprint density at radius 1 is 1.17 bits per heavy atom. The summed E-state index contributed by atoms with van der Waals surface area (Å²) in [7, 11) is 0. The second kappa shape index (κ2) is 8.81. The first kappa shape index (κ1) is 21.5. The highest BCUT2D eigenvalue weighted by atomic mass is 127. The number of benzene rings is 1. The molecule has 1 saturated carbocycles. The topological polar surface area (TPSA) is 70.1 Å². The number of hydrogen-bond donors (Lipinski definition) is 2. The average molecular weight is 533 g/mol. The van der Waals surface area contributed by atoms with Gasteiger partial charge in [-0.25, -0.2) is 9.97 Å². The third-order valence-electron chi connectivity index (χ3n) is 5.80. The Labute approximate surface area is 186 Å². The molecule has 30 heavy (non-hydrogen) atoms. The third-order valence-corrected chi connectivity index (χ3v) is 7.04. The second-order valence-electron chi connectivity index (χ2n) is 7.93. The minimum Gasteiger partial charge on any atom is -0.360 e. The van der Waals surface area contributed by atoms with Gasteiger partial charge in [0, 0.05) is 28.4 Å². The molecule has 2 N–H and O–H groups in total. The summed E-state index contributed by atoms with van der Waals surface area (Å²) >= 11 is 2.52. The summed E-state index contributed by atoms with van der Waals surface area (Å²) in [5, 5.41) is 6.07. The van der Waals surface area contributed by atoms with Crippen LogP contribution in [0, 0.1) is 0 Å². The lowest BCUT2D eigenvalue weighted by atomic mass is 9.91. The SMILES string of the molecule is O=C(CNc1ncnc2ccc(C(F)(F)F)cc12)NC1CN(C2CCC(I)CC2)C1. The second-order valence-corrected chi connectivity index (χ2v) is 9.69. The molecule has 1 aromatic carbocycles. The molecule has 1 aromatic heterocycles. The summed E-state index contributed by atoms with van der Waals surface area (Å²) < 4.78 is 39.8. The highest BCUT2D eigenvalue weighted by Crippen LogP contribution is 2.32. The van der Waals surface area contributed by atoms with Gasteiger partial charge in [0.15, 0.2) is 0 Å². The fourth-order valence-corrected chi connectivity index (χ4v) is 4.84. The van der Waals surface area contributed by atoms with Gasteiger partial charge in [-0.15, -0.1) is 0 Å². The van der Waals surface area contributed by atoms with E-state index in [1.807, 2.05) is 0 Å². The summed E-state index contributed by atoms with van der Waals surface area (Å²) in [6.45, 7) is 1.65. The number of hydrogen-bond acceptors (Lipinski definition) is 5. The van der Waals surface area contributed by atoms with Crippen LogP contribution in [0.1, 0.15) is 31.2 Å². The number of carbonyl (C=O) groups is 1. The van der Waals surface area contributed by atoms with Gasteiger partial charge in [-0.1, -0.05) is 22.6 Å². The maximum Gasteiger partial charge on any atom is 0.416 e. The quantitative estimate of drug-likeness (QED) is 0.454. The van der Waals surface area contributed by atoms with Crippen molar-refractivity contribution < 1.29 is 18.0 Å². The lowest BCUT2D eigenvalue weighted by molar-refractivity contribution is -0.137. The fraction of sp³-hybridized carbons (Fsp3) is 0.550. The molecule has 0 atom stereocenters. The molecule has 4 rings (SSSR count). The number of nitrogens with zero attached hydrogens (tertiary/aromatic N) is 3. The van der Waals surface area contributed by atoms with E-state index >= 15 is 0 Å². The molecule has 0 spiro atoms. The number of rotatable bonds is 5. The smallest absolute Gasteiger partial charge is 0.360 e. The number of halogens is 4. The number of likely N-dealkylation sites (tertiary alicyclic amines) is 1. The highest BCUT2D eigenvalue weighted by molar-refractivity contribution is 14.1. The van der Waals surface area contributed by atoms with Crippen molar-refractivity contribution in [3.05, 3.63) is 30.1 Å². The standard InChI is InChI=1S/C20H23F3IN5O/c21-20(22,23)12-1-6-17-16(7-12)19(27-11-26-17)25-8-18(30)28-14-9-29(10-14)15-4-2-13(24)3-5-15/h1,6-7,11,13-15H,2-5,8-10H2,(H,28,30)(H,25,26,27). The molecule has 162 valence electrons. The zero-order valence-electron chi connectivity index (χ0n) is 16.3. The van der Waals surface area contributed by atoms with Crippen molar-refractivity contribution in [3.8, 4) is 0 Å². The molecular formula is C20H23F3IN5O. The van der Waals surface area contributed by atoms with Crippen molar-refractivity contribution >= 4 is 45.2 Å². The first-order chi connectivity index (χ1) is 14.3. The molecule has 2 aliphatic rings. The minimum atomic E-state index is -4.45. The van der Waals surface area contributed by atoms with Gasteiger partial charge in [-0.3, -0.25) is 9.69 Å². The monoisotopic (exact) mass is 533 g/mol. The molecule has 0 radical (unpaired) electrons. The predicted molar refractivity (Wildman–Crippen MR) is 117 cm³/mol. The Morgan fingerprint density at radius 3 is 2.60 bits per heavy atom. The number of amides is 1. The van der Waals surface area contributed by atoms with Gasteiger partial charge in [-0.05, 0) is 43.9 Å². The molecule has 1 aliphatic heterocycles. The molecule has 10 heteroatoms. The van der Waals surface area contributed by atoms with Gasteiger partial charge < -0.3 is 10.6 Å². The number of fused-ring (bicyclic) bond motifs is 1. The van der Waals surface area contributed by atoms with Crippen molar-refractivity contribution in [2.45, 2.75) is 47.9 Å². The van der Waals surface area contributed by atoms with Crippen LogP contribution < -0.4 is 10.6 Å². The number of alkyl halides is 4. The Balaban J connectivity index is 1.30. The van der Waals surface area contributed by atoms with Gasteiger partial charge >= 0.3 is 6.18 Å². The van der Waals surface area contributed by atoms with E-state index in [-0.39, 0.29) is 29.7 Å². The third kappa shape index (κ3) is 4.96. The minimum absolute atomic E-state index is 0.0567. The fourth-order valence-electron chi connectivity index (χ4n) is 4.12. The van der Waals surface area contributed by atoms with Gasteiger partial charge in [-0.2, -0.15) is 13.2 Å². The van der Waals surface area contributed by atoms with Crippen molar-refractivity contribution in [2.24, 2.45) is 0 Å². The van der Waals surface area contributed by atoms with Crippen molar-refractivity contribution in [1.82, 2.24) is 20.2 Å². The molecule has 6 nitrogen and oxygen atoms in total. The zero-order chi connectivity index (χ0) is 21.3. The molecule has 0 unspecified atom stereocenters. The van der Waals surface area contributed by atoms with Crippen LogP contribution in [0.2, 0.25) is 0 Å². The van der Waals surface area contributed by atoms with Crippen LogP contribution in [0.4, 0.5) is 19.0 Å². The molecule has 2 heterocycles. The summed E-state index contributed by atoms with van der Waals surface area (Å²) in [5.74, 6) is 0.0152. The largest absolute Gasteiger partial charge is 0.416 e. The molecule has 1 aliphatic carbocycles. The zero-order valence-corrected chi connectivity index (χ0v) is 18.4. The Kier molecular flexibility index (Phi) is 6.33. The number of carbonyl (C=O) groups excluding carboxylic acids is 1. The summed E-state index contributed by atoms with van der Waals surface area (Å²) in [6.07, 6.45) is 1.76. The van der Waals surface area contributed by atoms with Crippen LogP contribution >= 0.6 is 22.6 Å². The summed E-state index contributed by atoms with van der Waals surface area (Å²) in [5.41, 5.74) is -0.389. The normalized spacial score (nSPS) is 23.2. The highest BCUT2D eigenvalue weighted by Gasteiger charge is 2.35. The number of anilines is 1. The molecule has 1 amide bonds. The first-order valence-electron chi connectivity index (χ1n) is 10.0. The first-order valence-corrected chi connectivity index (χ1v) is 11.3. The molecule has 1 saturated heterocycles. The summed E-state index contributed by atoms with van der Waals surface area (Å²) in [6, 6.07) is 4.04. The molecule has 2 aromatic rings. The van der Waals surface area contributed by atoms with E-state index in [1.54, 1.807) is 0 Å². The lowest BCUT2D eigenvalue weighted by Gasteiger charge is -2.46. The van der Waals surface area contributed by atoms with Crippen LogP contribution in [0.5, 0.6) is 0 Å². The van der Waals surface area contributed by atoms with Crippen LogP contribution in [0.15, 0.2) is 24.5 Å². The Morgan fingerprint density at radius 2 is 1.90 bits per heavy atom. The Hall–Kier alpha value is -1.69. The number of aromatic nitrogens is 2. The van der Waals surface area contributed by atoms with E-state index in [1.165, 1.54) is 38.1 Å². The number of nitrogens with one attached hydrogen (secondary N) is 2. The van der Waals surface area contributed by atoms with E-state index in [4.69, 9.17) is 0 Å². The van der Waals surface area contributed by atoms with E-state index in [0.29, 0.717) is 11.6 Å². The maximum absolute atomic E-state index is 13.0.